The standard InChI is InChI=1S/C20H23N5O/c1-2-11-22-20(26)17-8-6-7-16(12-17)13-21-14-18-15-23-25(24-18)19-9-4-3-5-10-19/h3-10,12,15,21H,2,11,13-14H2,1H3,(H,22,26). The van der Waals surface area contributed by atoms with Crippen molar-refractivity contribution in [2.45, 2.75) is 26.4 Å². The fourth-order valence-electron chi connectivity index (χ4n) is 2.56. The van der Waals surface area contributed by atoms with Crippen LogP contribution in [-0.4, -0.2) is 27.4 Å². The number of aromatic nitrogens is 3. The molecule has 0 bridgehead atoms. The zero-order valence-electron chi connectivity index (χ0n) is 14.9. The Hall–Kier alpha value is -2.99. The third-order valence-corrected chi connectivity index (χ3v) is 3.89. The summed E-state index contributed by atoms with van der Waals surface area (Å²) in [6.45, 7) is 4.00. The van der Waals surface area contributed by atoms with Crippen LogP contribution in [0.1, 0.15) is 35.0 Å². The number of nitrogens with one attached hydrogen (secondary N) is 2. The number of hydrogen-bond donors (Lipinski definition) is 2. The maximum Gasteiger partial charge on any atom is 0.251 e. The van der Waals surface area contributed by atoms with Crippen LogP contribution in [0.15, 0.2) is 60.8 Å². The summed E-state index contributed by atoms with van der Waals surface area (Å²) in [5, 5.41) is 15.0. The molecule has 0 atom stereocenters. The van der Waals surface area contributed by atoms with Gasteiger partial charge in [0.2, 0.25) is 0 Å². The minimum Gasteiger partial charge on any atom is -0.352 e. The second-order valence-corrected chi connectivity index (χ2v) is 6.02. The number of hydrogen-bond acceptors (Lipinski definition) is 4. The van der Waals surface area contributed by atoms with Gasteiger partial charge in [0.15, 0.2) is 0 Å². The summed E-state index contributed by atoms with van der Waals surface area (Å²) in [6, 6.07) is 17.5. The minimum atomic E-state index is -0.0282. The van der Waals surface area contributed by atoms with Crippen LogP contribution in [0.2, 0.25) is 0 Å². The summed E-state index contributed by atoms with van der Waals surface area (Å²) in [6.07, 6.45) is 2.69. The molecule has 134 valence electrons. The third-order valence-electron chi connectivity index (χ3n) is 3.89. The van der Waals surface area contributed by atoms with Gasteiger partial charge < -0.3 is 10.6 Å². The molecule has 1 aromatic heterocycles. The Balaban J connectivity index is 1.54. The molecule has 26 heavy (non-hydrogen) atoms. The molecular formula is C20H23N5O. The Morgan fingerprint density at radius 3 is 2.73 bits per heavy atom. The van der Waals surface area contributed by atoms with Crippen LogP contribution < -0.4 is 10.6 Å². The molecule has 0 fully saturated rings. The first-order chi connectivity index (χ1) is 12.8. The molecule has 0 saturated carbocycles. The monoisotopic (exact) mass is 349 g/mol. The number of nitrogens with zero attached hydrogens (tertiary/aromatic N) is 3. The van der Waals surface area contributed by atoms with E-state index in [2.05, 4.69) is 20.8 Å². The number of amides is 1. The van der Waals surface area contributed by atoms with Gasteiger partial charge in [0, 0.05) is 25.2 Å². The van der Waals surface area contributed by atoms with Gasteiger partial charge in [-0.05, 0) is 36.2 Å². The minimum absolute atomic E-state index is 0.0282. The largest absolute Gasteiger partial charge is 0.352 e. The lowest BCUT2D eigenvalue weighted by molar-refractivity contribution is 0.0953. The second kappa shape index (κ2) is 8.92. The smallest absolute Gasteiger partial charge is 0.251 e. The van der Waals surface area contributed by atoms with Crippen LogP contribution in [0.5, 0.6) is 0 Å². The fraction of sp³-hybridized carbons (Fsp3) is 0.250. The third kappa shape index (κ3) is 4.77. The molecule has 0 unspecified atom stereocenters. The molecule has 2 N–H and O–H groups in total. The second-order valence-electron chi connectivity index (χ2n) is 6.02. The molecule has 3 rings (SSSR count). The van der Waals surface area contributed by atoms with Crippen LogP contribution in [-0.2, 0) is 13.1 Å². The van der Waals surface area contributed by atoms with E-state index in [1.165, 1.54) is 0 Å². The fourth-order valence-corrected chi connectivity index (χ4v) is 2.56. The molecule has 0 spiro atoms. The number of carbonyl (C=O) groups excluding carboxylic acids is 1. The number of rotatable bonds is 8. The van der Waals surface area contributed by atoms with Gasteiger partial charge in [0.25, 0.3) is 5.91 Å². The highest BCUT2D eigenvalue weighted by Crippen LogP contribution is 2.07. The Morgan fingerprint density at radius 1 is 1.08 bits per heavy atom. The van der Waals surface area contributed by atoms with E-state index in [1.807, 2.05) is 61.5 Å². The normalized spacial score (nSPS) is 10.7. The van der Waals surface area contributed by atoms with Crippen molar-refractivity contribution in [1.82, 2.24) is 25.6 Å². The highest BCUT2D eigenvalue weighted by Gasteiger charge is 2.06. The highest BCUT2D eigenvalue weighted by atomic mass is 16.1. The SMILES string of the molecule is CCCNC(=O)c1cccc(CNCc2cnn(-c3ccccc3)n2)c1. The molecule has 6 heteroatoms. The van der Waals surface area contributed by atoms with Gasteiger partial charge >= 0.3 is 0 Å². The molecule has 0 aliphatic carbocycles. The number of para-hydroxylation sites is 1. The molecule has 1 amide bonds. The topological polar surface area (TPSA) is 71.8 Å². The lowest BCUT2D eigenvalue weighted by atomic mass is 10.1. The first-order valence-corrected chi connectivity index (χ1v) is 8.81. The summed E-state index contributed by atoms with van der Waals surface area (Å²) >= 11 is 0. The van der Waals surface area contributed by atoms with Gasteiger partial charge in [-0.2, -0.15) is 15.0 Å². The lowest BCUT2D eigenvalue weighted by Gasteiger charge is -2.07. The molecule has 0 radical (unpaired) electrons. The summed E-state index contributed by atoms with van der Waals surface area (Å²) in [5.41, 5.74) is 3.55. The molecule has 0 saturated heterocycles. The molecule has 1 heterocycles. The van der Waals surface area contributed by atoms with Crippen molar-refractivity contribution >= 4 is 5.91 Å². The van der Waals surface area contributed by atoms with Crippen molar-refractivity contribution in [3.05, 3.63) is 77.6 Å². The maximum absolute atomic E-state index is 12.0. The average Bonchev–Trinajstić information content (AvgIpc) is 3.16. The van der Waals surface area contributed by atoms with Crippen LogP contribution in [0, 0.1) is 0 Å². The predicted octanol–water partition coefficient (Wildman–Crippen LogP) is 2.70. The first kappa shape index (κ1) is 17.8. The van der Waals surface area contributed by atoms with Crippen LogP contribution in [0.3, 0.4) is 0 Å². The zero-order valence-corrected chi connectivity index (χ0v) is 14.9. The van der Waals surface area contributed by atoms with Crippen molar-refractivity contribution < 1.29 is 4.79 Å². The Morgan fingerprint density at radius 2 is 1.92 bits per heavy atom. The Kier molecular flexibility index (Phi) is 6.11. The Labute approximate surface area is 153 Å². The molecule has 2 aromatic carbocycles. The summed E-state index contributed by atoms with van der Waals surface area (Å²) in [5.74, 6) is -0.0282. The van der Waals surface area contributed by atoms with Crippen LogP contribution in [0.4, 0.5) is 0 Å². The van der Waals surface area contributed by atoms with Crippen molar-refractivity contribution in [2.24, 2.45) is 0 Å². The van der Waals surface area contributed by atoms with Gasteiger partial charge in [0.05, 0.1) is 17.6 Å². The van der Waals surface area contributed by atoms with E-state index >= 15 is 0 Å². The molecule has 6 nitrogen and oxygen atoms in total. The van der Waals surface area contributed by atoms with Gasteiger partial charge in [-0.25, -0.2) is 0 Å². The molecule has 0 aliphatic rings. The van der Waals surface area contributed by atoms with Crippen molar-refractivity contribution in [2.75, 3.05) is 6.54 Å². The van der Waals surface area contributed by atoms with Gasteiger partial charge in [-0.1, -0.05) is 37.3 Å². The maximum atomic E-state index is 12.0. The van der Waals surface area contributed by atoms with E-state index in [9.17, 15) is 4.79 Å². The molecule has 3 aromatic rings. The van der Waals surface area contributed by atoms with Gasteiger partial charge in [0.1, 0.15) is 0 Å². The number of benzene rings is 2. The van der Waals surface area contributed by atoms with E-state index in [4.69, 9.17) is 0 Å². The quantitative estimate of drug-likeness (QED) is 0.656. The van der Waals surface area contributed by atoms with Gasteiger partial charge in [-0.3, -0.25) is 4.79 Å². The van der Waals surface area contributed by atoms with Crippen LogP contribution >= 0.6 is 0 Å². The summed E-state index contributed by atoms with van der Waals surface area (Å²) in [4.78, 5) is 13.7. The Bertz CT molecular complexity index is 844. The van der Waals surface area contributed by atoms with E-state index in [0.29, 0.717) is 25.2 Å². The van der Waals surface area contributed by atoms with E-state index < -0.39 is 0 Å². The van der Waals surface area contributed by atoms with Crippen LogP contribution in [0.25, 0.3) is 5.69 Å². The molecular weight excluding hydrogens is 326 g/mol. The van der Waals surface area contributed by atoms with E-state index in [-0.39, 0.29) is 5.91 Å². The number of carbonyl (C=O) groups is 1. The predicted molar refractivity (Wildman–Crippen MR) is 101 cm³/mol. The molecule has 0 aliphatic heterocycles. The first-order valence-electron chi connectivity index (χ1n) is 8.81. The lowest BCUT2D eigenvalue weighted by Crippen LogP contribution is -2.24. The average molecular weight is 349 g/mol. The summed E-state index contributed by atoms with van der Waals surface area (Å²) < 4.78 is 0. The van der Waals surface area contributed by atoms with Crippen molar-refractivity contribution in [1.29, 1.82) is 0 Å². The highest BCUT2D eigenvalue weighted by molar-refractivity contribution is 5.94. The van der Waals surface area contributed by atoms with Crippen molar-refractivity contribution in [3.8, 4) is 5.69 Å². The van der Waals surface area contributed by atoms with E-state index in [1.54, 1.807) is 11.0 Å². The van der Waals surface area contributed by atoms with Crippen molar-refractivity contribution in [3.63, 3.8) is 0 Å². The summed E-state index contributed by atoms with van der Waals surface area (Å²) in [7, 11) is 0. The zero-order chi connectivity index (χ0) is 18.2. The van der Waals surface area contributed by atoms with E-state index in [0.717, 1.165) is 23.4 Å². The van der Waals surface area contributed by atoms with Gasteiger partial charge in [-0.15, -0.1) is 0 Å².